The van der Waals surface area contributed by atoms with Crippen molar-refractivity contribution in [3.63, 3.8) is 0 Å². The maximum atomic E-state index is 5.98. The first-order valence-electron chi connectivity index (χ1n) is 9.02. The van der Waals surface area contributed by atoms with Gasteiger partial charge in [0.05, 0.1) is 7.11 Å². The summed E-state index contributed by atoms with van der Waals surface area (Å²) in [6.07, 6.45) is 4.44. The molecule has 28 heavy (non-hydrogen) atoms. The highest BCUT2D eigenvalue weighted by molar-refractivity contribution is 7.18. The number of anilines is 1. The largest absolute Gasteiger partial charge is 0.497 e. The summed E-state index contributed by atoms with van der Waals surface area (Å²) in [5, 5.41) is 15.9. The van der Waals surface area contributed by atoms with Gasteiger partial charge in [0.1, 0.15) is 10.8 Å². The SMILES string of the molecule is COc1cccc(CC(CN)Nc2nnc(-c3ccc4cnccc4c3)s2)c1. The van der Waals surface area contributed by atoms with E-state index >= 15 is 0 Å². The number of methoxy groups -OCH3 is 1. The first-order valence-corrected chi connectivity index (χ1v) is 9.84. The van der Waals surface area contributed by atoms with Crippen molar-refractivity contribution in [2.24, 2.45) is 5.73 Å². The number of ether oxygens (including phenoxy) is 1. The quantitative estimate of drug-likeness (QED) is 0.499. The van der Waals surface area contributed by atoms with Crippen molar-refractivity contribution in [1.82, 2.24) is 15.2 Å². The summed E-state index contributed by atoms with van der Waals surface area (Å²) in [6.45, 7) is 0.495. The Morgan fingerprint density at radius 1 is 1.11 bits per heavy atom. The second kappa shape index (κ2) is 8.33. The molecule has 3 N–H and O–H groups in total. The molecule has 0 aliphatic rings. The summed E-state index contributed by atoms with van der Waals surface area (Å²) >= 11 is 1.53. The molecule has 4 aromatic rings. The van der Waals surface area contributed by atoms with Crippen molar-refractivity contribution in [3.8, 4) is 16.3 Å². The predicted molar refractivity (Wildman–Crippen MR) is 114 cm³/mol. The molecule has 7 heteroatoms. The topological polar surface area (TPSA) is 86.0 Å². The maximum Gasteiger partial charge on any atom is 0.206 e. The fraction of sp³-hybridized carbons (Fsp3) is 0.190. The molecule has 142 valence electrons. The molecule has 2 aromatic heterocycles. The lowest BCUT2D eigenvalue weighted by atomic mass is 10.1. The van der Waals surface area contributed by atoms with E-state index in [1.54, 1.807) is 13.3 Å². The fourth-order valence-corrected chi connectivity index (χ4v) is 3.88. The van der Waals surface area contributed by atoms with E-state index in [2.05, 4.69) is 38.7 Å². The Hall–Kier alpha value is -3.03. The van der Waals surface area contributed by atoms with Gasteiger partial charge in [-0.05, 0) is 41.6 Å². The van der Waals surface area contributed by atoms with Crippen LogP contribution in [0.4, 0.5) is 5.13 Å². The van der Waals surface area contributed by atoms with E-state index in [4.69, 9.17) is 10.5 Å². The van der Waals surface area contributed by atoms with Gasteiger partial charge in [-0.1, -0.05) is 35.6 Å². The summed E-state index contributed by atoms with van der Waals surface area (Å²) in [5.74, 6) is 0.845. The van der Waals surface area contributed by atoms with E-state index < -0.39 is 0 Å². The van der Waals surface area contributed by atoms with Crippen LogP contribution in [0.5, 0.6) is 5.75 Å². The van der Waals surface area contributed by atoms with Gasteiger partial charge in [0.15, 0.2) is 0 Å². The summed E-state index contributed by atoms with van der Waals surface area (Å²) in [7, 11) is 1.67. The van der Waals surface area contributed by atoms with Gasteiger partial charge in [-0.25, -0.2) is 0 Å². The molecule has 0 radical (unpaired) electrons. The Balaban J connectivity index is 1.49. The summed E-state index contributed by atoms with van der Waals surface area (Å²) in [5.41, 5.74) is 8.18. The van der Waals surface area contributed by atoms with Crippen LogP contribution in [0.1, 0.15) is 5.56 Å². The number of benzene rings is 2. The van der Waals surface area contributed by atoms with Crippen molar-refractivity contribution in [2.75, 3.05) is 19.0 Å². The number of nitrogens with zero attached hydrogens (tertiary/aromatic N) is 3. The number of fused-ring (bicyclic) bond motifs is 1. The summed E-state index contributed by atoms with van der Waals surface area (Å²) in [4.78, 5) is 4.15. The number of nitrogens with two attached hydrogens (primary N) is 1. The maximum absolute atomic E-state index is 5.98. The first-order chi connectivity index (χ1) is 13.7. The highest BCUT2D eigenvalue weighted by atomic mass is 32.1. The van der Waals surface area contributed by atoms with E-state index in [-0.39, 0.29) is 6.04 Å². The van der Waals surface area contributed by atoms with E-state index in [9.17, 15) is 0 Å². The molecule has 2 heterocycles. The molecule has 0 aliphatic heterocycles. The third-order valence-corrected chi connectivity index (χ3v) is 5.44. The highest BCUT2D eigenvalue weighted by Crippen LogP contribution is 2.29. The molecule has 0 spiro atoms. The van der Waals surface area contributed by atoms with Crippen molar-refractivity contribution < 1.29 is 4.74 Å². The molecule has 1 atom stereocenters. The van der Waals surface area contributed by atoms with Crippen molar-refractivity contribution in [2.45, 2.75) is 12.5 Å². The lowest BCUT2D eigenvalue weighted by Gasteiger charge is -2.16. The Labute approximate surface area is 167 Å². The molecule has 0 fully saturated rings. The average molecular weight is 392 g/mol. The average Bonchev–Trinajstić information content (AvgIpc) is 3.21. The van der Waals surface area contributed by atoms with Gasteiger partial charge in [0.2, 0.25) is 5.13 Å². The number of nitrogens with one attached hydrogen (secondary N) is 1. The van der Waals surface area contributed by atoms with Crippen LogP contribution in [-0.2, 0) is 6.42 Å². The Bertz CT molecular complexity index is 1080. The first kappa shape index (κ1) is 18.3. The summed E-state index contributed by atoms with van der Waals surface area (Å²) in [6, 6.07) is 16.3. The van der Waals surface area contributed by atoms with E-state index in [0.717, 1.165) is 44.2 Å². The van der Waals surface area contributed by atoms with Gasteiger partial charge in [-0.15, -0.1) is 10.2 Å². The number of aromatic nitrogens is 3. The Kier molecular flexibility index (Phi) is 5.45. The van der Waals surface area contributed by atoms with Crippen LogP contribution in [-0.4, -0.2) is 34.9 Å². The molecular formula is C21H21N5OS. The second-order valence-electron chi connectivity index (χ2n) is 6.48. The standard InChI is InChI=1S/C21H21N5OS/c1-27-19-4-2-3-14(10-19)9-18(12-22)24-21-26-25-20(28-21)16-5-6-17-13-23-8-7-15(17)11-16/h2-8,10-11,13,18H,9,12,22H2,1H3,(H,24,26). The van der Waals surface area contributed by atoms with Gasteiger partial charge >= 0.3 is 0 Å². The van der Waals surface area contributed by atoms with E-state index in [1.807, 2.05) is 36.5 Å². The molecule has 2 aromatic carbocycles. The minimum Gasteiger partial charge on any atom is -0.497 e. The molecule has 4 rings (SSSR count). The van der Waals surface area contributed by atoms with Gasteiger partial charge in [0, 0.05) is 35.9 Å². The lowest BCUT2D eigenvalue weighted by molar-refractivity contribution is 0.414. The number of hydrogen-bond acceptors (Lipinski definition) is 7. The lowest BCUT2D eigenvalue weighted by Crippen LogP contribution is -2.31. The zero-order chi connectivity index (χ0) is 19.3. The summed E-state index contributed by atoms with van der Waals surface area (Å²) < 4.78 is 5.30. The molecule has 0 amide bonds. The smallest absolute Gasteiger partial charge is 0.206 e. The van der Waals surface area contributed by atoms with Crippen molar-refractivity contribution in [3.05, 3.63) is 66.5 Å². The Morgan fingerprint density at radius 2 is 2.04 bits per heavy atom. The van der Waals surface area contributed by atoms with Crippen LogP contribution in [0.25, 0.3) is 21.3 Å². The minimum absolute atomic E-state index is 0.0654. The van der Waals surface area contributed by atoms with Crippen LogP contribution in [0.3, 0.4) is 0 Å². The molecule has 0 aliphatic carbocycles. The van der Waals surface area contributed by atoms with E-state index in [0.29, 0.717) is 6.54 Å². The zero-order valence-electron chi connectivity index (χ0n) is 15.5. The molecule has 0 saturated heterocycles. The van der Waals surface area contributed by atoms with E-state index in [1.165, 1.54) is 11.3 Å². The molecular weight excluding hydrogens is 370 g/mol. The fourth-order valence-electron chi connectivity index (χ4n) is 3.07. The predicted octanol–water partition coefficient (Wildman–Crippen LogP) is 3.74. The van der Waals surface area contributed by atoms with Crippen LogP contribution < -0.4 is 15.8 Å². The van der Waals surface area contributed by atoms with Crippen LogP contribution >= 0.6 is 11.3 Å². The van der Waals surface area contributed by atoms with Crippen LogP contribution in [0.15, 0.2) is 60.9 Å². The van der Waals surface area contributed by atoms with Gasteiger partial charge in [-0.2, -0.15) is 0 Å². The third-order valence-electron chi connectivity index (χ3n) is 4.54. The monoisotopic (exact) mass is 391 g/mol. The Morgan fingerprint density at radius 3 is 2.89 bits per heavy atom. The molecule has 0 saturated carbocycles. The zero-order valence-corrected chi connectivity index (χ0v) is 16.3. The van der Waals surface area contributed by atoms with Gasteiger partial charge in [-0.3, -0.25) is 4.98 Å². The number of pyridine rings is 1. The van der Waals surface area contributed by atoms with Gasteiger partial charge in [0.25, 0.3) is 0 Å². The molecule has 1 unspecified atom stereocenters. The normalized spacial score (nSPS) is 12.1. The van der Waals surface area contributed by atoms with Gasteiger partial charge < -0.3 is 15.8 Å². The molecule has 0 bridgehead atoms. The van der Waals surface area contributed by atoms with Crippen molar-refractivity contribution in [1.29, 1.82) is 0 Å². The van der Waals surface area contributed by atoms with Crippen LogP contribution in [0, 0.1) is 0 Å². The second-order valence-corrected chi connectivity index (χ2v) is 7.46. The molecule has 6 nitrogen and oxygen atoms in total. The third kappa shape index (κ3) is 4.11. The highest BCUT2D eigenvalue weighted by Gasteiger charge is 2.13. The minimum atomic E-state index is 0.0654. The van der Waals surface area contributed by atoms with Crippen molar-refractivity contribution >= 4 is 27.2 Å². The number of hydrogen-bond donors (Lipinski definition) is 2. The number of rotatable bonds is 7. The van der Waals surface area contributed by atoms with Crippen LogP contribution in [0.2, 0.25) is 0 Å².